The Morgan fingerprint density at radius 2 is 1.69 bits per heavy atom. The van der Waals surface area contributed by atoms with Gasteiger partial charge < -0.3 is 19.5 Å². The molecule has 0 saturated heterocycles. The van der Waals surface area contributed by atoms with Gasteiger partial charge in [-0.15, -0.1) is 0 Å². The van der Waals surface area contributed by atoms with Crippen molar-refractivity contribution in [3.05, 3.63) is 92.9 Å². The predicted molar refractivity (Wildman–Crippen MR) is 138 cm³/mol. The Balaban J connectivity index is 1.52. The highest BCUT2D eigenvalue weighted by Crippen LogP contribution is 2.28. The van der Waals surface area contributed by atoms with Gasteiger partial charge in [0, 0.05) is 26.7 Å². The molecule has 6 nitrogen and oxygen atoms in total. The van der Waals surface area contributed by atoms with Crippen molar-refractivity contribution in [2.45, 2.75) is 19.6 Å². The standard InChI is InChI=1S/C26H22Cl3NO5/c1-16(26(32)30-23-14-18(27)9-12-24(23)33-2)35-25(31)13-8-17-6-10-19(11-7-17)34-15-20-21(28)4-3-5-22(20)29/h3-14,16H,15H2,1-2H3,(H,30,32)/b13-8+. The third kappa shape index (κ3) is 7.65. The van der Waals surface area contributed by atoms with Crippen LogP contribution in [0.1, 0.15) is 18.1 Å². The molecule has 3 rings (SSSR count). The van der Waals surface area contributed by atoms with E-state index in [-0.39, 0.29) is 6.61 Å². The lowest BCUT2D eigenvalue weighted by atomic mass is 10.2. The minimum Gasteiger partial charge on any atom is -0.495 e. The van der Waals surface area contributed by atoms with Crippen molar-refractivity contribution in [1.29, 1.82) is 0 Å². The summed E-state index contributed by atoms with van der Waals surface area (Å²) >= 11 is 18.3. The molecule has 0 aliphatic rings. The van der Waals surface area contributed by atoms with Crippen LogP contribution in [0.25, 0.3) is 6.08 Å². The molecule has 0 heterocycles. The van der Waals surface area contributed by atoms with Crippen molar-refractivity contribution in [2.24, 2.45) is 0 Å². The zero-order chi connectivity index (χ0) is 25.4. The molecule has 182 valence electrons. The van der Waals surface area contributed by atoms with Crippen molar-refractivity contribution in [2.75, 3.05) is 12.4 Å². The van der Waals surface area contributed by atoms with E-state index in [0.717, 1.165) is 5.56 Å². The first-order valence-corrected chi connectivity index (χ1v) is 11.6. The molecule has 35 heavy (non-hydrogen) atoms. The molecule has 0 radical (unpaired) electrons. The lowest BCUT2D eigenvalue weighted by Gasteiger charge is -2.14. The van der Waals surface area contributed by atoms with Crippen LogP contribution in [0.3, 0.4) is 0 Å². The maximum atomic E-state index is 12.4. The number of nitrogens with one attached hydrogen (secondary N) is 1. The van der Waals surface area contributed by atoms with Crippen LogP contribution in [0.2, 0.25) is 15.1 Å². The third-order valence-corrected chi connectivity index (χ3v) is 5.76. The van der Waals surface area contributed by atoms with Gasteiger partial charge in [0.05, 0.1) is 12.8 Å². The number of halogens is 3. The van der Waals surface area contributed by atoms with Gasteiger partial charge in [0.2, 0.25) is 0 Å². The highest BCUT2D eigenvalue weighted by molar-refractivity contribution is 6.36. The fourth-order valence-corrected chi connectivity index (χ4v) is 3.62. The summed E-state index contributed by atoms with van der Waals surface area (Å²) in [5.74, 6) is -0.141. The average molecular weight is 535 g/mol. The van der Waals surface area contributed by atoms with E-state index >= 15 is 0 Å². The van der Waals surface area contributed by atoms with Crippen LogP contribution in [0.5, 0.6) is 11.5 Å². The number of methoxy groups -OCH3 is 1. The average Bonchev–Trinajstić information content (AvgIpc) is 2.83. The first-order valence-electron chi connectivity index (χ1n) is 10.5. The molecule has 1 N–H and O–H groups in total. The number of ether oxygens (including phenoxy) is 3. The van der Waals surface area contributed by atoms with Crippen molar-refractivity contribution in [1.82, 2.24) is 0 Å². The summed E-state index contributed by atoms with van der Waals surface area (Å²) in [5, 5.41) is 4.13. The van der Waals surface area contributed by atoms with E-state index in [1.54, 1.807) is 66.7 Å². The monoisotopic (exact) mass is 533 g/mol. The second kappa shape index (κ2) is 12.5. The second-order valence-electron chi connectivity index (χ2n) is 7.30. The van der Waals surface area contributed by atoms with Crippen LogP contribution in [-0.2, 0) is 20.9 Å². The molecular formula is C26H22Cl3NO5. The number of benzene rings is 3. The molecule has 0 aliphatic heterocycles. The Bertz CT molecular complexity index is 1210. The van der Waals surface area contributed by atoms with Crippen LogP contribution in [0.15, 0.2) is 66.7 Å². The largest absolute Gasteiger partial charge is 0.495 e. The molecule has 3 aromatic carbocycles. The fourth-order valence-electron chi connectivity index (χ4n) is 2.94. The summed E-state index contributed by atoms with van der Waals surface area (Å²) in [6.07, 6.45) is 1.77. The van der Waals surface area contributed by atoms with Gasteiger partial charge in [-0.3, -0.25) is 4.79 Å². The smallest absolute Gasteiger partial charge is 0.331 e. The highest BCUT2D eigenvalue weighted by atomic mass is 35.5. The van der Waals surface area contributed by atoms with E-state index in [1.165, 1.54) is 20.1 Å². The summed E-state index contributed by atoms with van der Waals surface area (Å²) in [6.45, 7) is 1.69. The molecule has 0 aromatic heterocycles. The first kappa shape index (κ1) is 26.4. The number of anilines is 1. The summed E-state index contributed by atoms with van der Waals surface area (Å²) in [4.78, 5) is 24.6. The van der Waals surface area contributed by atoms with Gasteiger partial charge in [-0.2, -0.15) is 0 Å². The second-order valence-corrected chi connectivity index (χ2v) is 8.56. The Morgan fingerprint density at radius 1 is 1.00 bits per heavy atom. The highest BCUT2D eigenvalue weighted by Gasteiger charge is 2.18. The molecule has 9 heteroatoms. The molecule has 1 atom stereocenters. The van der Waals surface area contributed by atoms with Gasteiger partial charge in [-0.25, -0.2) is 4.79 Å². The van der Waals surface area contributed by atoms with Gasteiger partial charge >= 0.3 is 5.97 Å². The van der Waals surface area contributed by atoms with Crippen LogP contribution >= 0.6 is 34.8 Å². The Kier molecular flexibility index (Phi) is 9.43. The minimum atomic E-state index is -1.04. The Hall–Kier alpha value is -3.19. The van der Waals surface area contributed by atoms with Crippen molar-refractivity contribution in [3.63, 3.8) is 0 Å². The van der Waals surface area contributed by atoms with E-state index in [1.807, 2.05) is 0 Å². The predicted octanol–water partition coefficient (Wildman–Crippen LogP) is 6.82. The molecule has 0 fully saturated rings. The molecule has 0 spiro atoms. The SMILES string of the molecule is COc1ccc(Cl)cc1NC(=O)C(C)OC(=O)/C=C/c1ccc(OCc2c(Cl)cccc2Cl)cc1. The van der Waals surface area contributed by atoms with Crippen LogP contribution < -0.4 is 14.8 Å². The zero-order valence-electron chi connectivity index (χ0n) is 18.9. The number of amides is 1. The molecule has 1 unspecified atom stereocenters. The van der Waals surface area contributed by atoms with Crippen LogP contribution in [0, 0.1) is 0 Å². The molecule has 1 amide bonds. The maximum absolute atomic E-state index is 12.4. The zero-order valence-corrected chi connectivity index (χ0v) is 21.2. The maximum Gasteiger partial charge on any atom is 0.331 e. The van der Waals surface area contributed by atoms with Crippen molar-refractivity contribution >= 4 is 58.4 Å². The Morgan fingerprint density at radius 3 is 2.34 bits per heavy atom. The van der Waals surface area contributed by atoms with E-state index in [9.17, 15) is 9.59 Å². The number of rotatable bonds is 9. The number of carbonyl (C=O) groups is 2. The van der Waals surface area contributed by atoms with Crippen LogP contribution in [-0.4, -0.2) is 25.1 Å². The third-order valence-electron chi connectivity index (χ3n) is 4.82. The van der Waals surface area contributed by atoms with E-state index < -0.39 is 18.0 Å². The minimum absolute atomic E-state index is 0.223. The molecule has 3 aromatic rings. The number of hydrogen-bond acceptors (Lipinski definition) is 5. The fraction of sp³-hybridized carbons (Fsp3) is 0.154. The topological polar surface area (TPSA) is 73.9 Å². The van der Waals surface area contributed by atoms with Gasteiger partial charge in [-0.1, -0.05) is 53.0 Å². The first-order chi connectivity index (χ1) is 16.8. The summed E-state index contributed by atoms with van der Waals surface area (Å²) in [7, 11) is 1.47. The van der Waals surface area contributed by atoms with E-state index in [0.29, 0.717) is 37.8 Å². The normalized spacial score (nSPS) is 11.7. The lowest BCUT2D eigenvalue weighted by Crippen LogP contribution is -2.29. The number of hydrogen-bond donors (Lipinski definition) is 1. The lowest BCUT2D eigenvalue weighted by molar-refractivity contribution is -0.148. The summed E-state index contributed by atoms with van der Waals surface area (Å²) < 4.78 is 16.1. The van der Waals surface area contributed by atoms with E-state index in [4.69, 9.17) is 49.0 Å². The van der Waals surface area contributed by atoms with Gasteiger partial charge in [0.15, 0.2) is 6.10 Å². The van der Waals surface area contributed by atoms with Gasteiger partial charge in [0.1, 0.15) is 18.1 Å². The van der Waals surface area contributed by atoms with Crippen molar-refractivity contribution in [3.8, 4) is 11.5 Å². The van der Waals surface area contributed by atoms with Gasteiger partial charge in [0.25, 0.3) is 5.91 Å². The van der Waals surface area contributed by atoms with Crippen molar-refractivity contribution < 1.29 is 23.8 Å². The Labute approximate surface area is 218 Å². The van der Waals surface area contributed by atoms with Gasteiger partial charge in [-0.05, 0) is 61.0 Å². The number of carbonyl (C=O) groups excluding carboxylic acids is 2. The molecule has 0 saturated carbocycles. The van der Waals surface area contributed by atoms with Crippen LogP contribution in [0.4, 0.5) is 5.69 Å². The molecule has 0 aliphatic carbocycles. The molecule has 0 bridgehead atoms. The molecular weight excluding hydrogens is 513 g/mol. The quantitative estimate of drug-likeness (QED) is 0.241. The number of esters is 1. The summed E-state index contributed by atoms with van der Waals surface area (Å²) in [6, 6.07) is 17.1. The van der Waals surface area contributed by atoms with E-state index in [2.05, 4.69) is 5.32 Å². The summed E-state index contributed by atoms with van der Waals surface area (Å²) in [5.41, 5.74) is 1.82.